The van der Waals surface area contributed by atoms with Crippen molar-refractivity contribution in [3.05, 3.63) is 60.2 Å². The van der Waals surface area contributed by atoms with Crippen LogP contribution in [0.15, 0.2) is 53.4 Å². The number of halogens is 2. The van der Waals surface area contributed by atoms with E-state index in [1.165, 1.54) is 12.1 Å². The van der Waals surface area contributed by atoms with Gasteiger partial charge in [-0.05, 0) is 24.3 Å². The maximum atomic E-state index is 13.9. The summed E-state index contributed by atoms with van der Waals surface area (Å²) in [5, 5.41) is 0. The van der Waals surface area contributed by atoms with Crippen LogP contribution < -0.4 is 9.03 Å². The van der Waals surface area contributed by atoms with Crippen LogP contribution in [-0.2, 0) is 20.0 Å². The molecule has 6 nitrogen and oxygen atoms in total. The average Bonchev–Trinajstić information content (AvgIpc) is 2.52. The monoisotopic (exact) mass is 390 g/mol. The lowest BCUT2D eigenvalue weighted by Gasteiger charge is -2.23. The molecule has 0 radical (unpaired) electrons. The molecule has 0 saturated carbocycles. The van der Waals surface area contributed by atoms with Gasteiger partial charge in [0.25, 0.3) is 0 Å². The Morgan fingerprint density at radius 3 is 2.20 bits per heavy atom. The number of anilines is 1. The van der Waals surface area contributed by atoms with Gasteiger partial charge in [0.05, 0.1) is 16.8 Å². The summed E-state index contributed by atoms with van der Waals surface area (Å²) in [7, 11) is -7.73. The van der Waals surface area contributed by atoms with Crippen molar-refractivity contribution >= 4 is 25.7 Å². The van der Waals surface area contributed by atoms with Crippen LogP contribution in [-0.4, -0.2) is 36.2 Å². The molecule has 0 aromatic heterocycles. The molecule has 0 unspecified atom stereocenters. The number of benzene rings is 2. The summed E-state index contributed by atoms with van der Waals surface area (Å²) in [5.74, 6) is -1.91. The molecule has 0 aliphatic carbocycles. The third kappa shape index (κ3) is 4.97. The van der Waals surface area contributed by atoms with Crippen LogP contribution in [0.4, 0.5) is 14.5 Å². The number of nitrogens with one attached hydrogen (secondary N) is 1. The van der Waals surface area contributed by atoms with Crippen molar-refractivity contribution in [2.45, 2.75) is 4.90 Å². The summed E-state index contributed by atoms with van der Waals surface area (Å²) in [6, 6.07) is 9.98. The van der Waals surface area contributed by atoms with E-state index in [2.05, 4.69) is 4.72 Å². The van der Waals surface area contributed by atoms with E-state index in [1.807, 2.05) is 0 Å². The zero-order valence-electron chi connectivity index (χ0n) is 13.2. The molecule has 0 saturated heterocycles. The molecule has 2 aromatic rings. The Morgan fingerprint density at radius 2 is 1.64 bits per heavy atom. The van der Waals surface area contributed by atoms with E-state index in [0.717, 1.165) is 18.4 Å². The number of hydrogen-bond donors (Lipinski definition) is 1. The van der Waals surface area contributed by atoms with Gasteiger partial charge in [-0.2, -0.15) is 0 Å². The lowest BCUT2D eigenvalue weighted by molar-refractivity contribution is 0.571. The van der Waals surface area contributed by atoms with Crippen LogP contribution in [0.3, 0.4) is 0 Å². The van der Waals surface area contributed by atoms with Gasteiger partial charge < -0.3 is 0 Å². The van der Waals surface area contributed by atoms with Crippen molar-refractivity contribution in [2.24, 2.45) is 0 Å². The Morgan fingerprint density at radius 1 is 1.00 bits per heavy atom. The summed E-state index contributed by atoms with van der Waals surface area (Å²) in [6.07, 6.45) is 0.849. The van der Waals surface area contributed by atoms with Crippen LogP contribution in [0.2, 0.25) is 0 Å². The Kier molecular flexibility index (Phi) is 5.76. The molecule has 136 valence electrons. The lowest BCUT2D eigenvalue weighted by Crippen LogP contribution is -2.38. The summed E-state index contributed by atoms with van der Waals surface area (Å²) in [4.78, 5) is 0.0221. The third-order valence-electron chi connectivity index (χ3n) is 3.24. The normalized spacial score (nSPS) is 12.1. The van der Waals surface area contributed by atoms with E-state index in [1.54, 1.807) is 18.2 Å². The van der Waals surface area contributed by atoms with E-state index in [0.29, 0.717) is 10.4 Å². The maximum absolute atomic E-state index is 13.9. The van der Waals surface area contributed by atoms with Gasteiger partial charge in [0.1, 0.15) is 11.6 Å². The van der Waals surface area contributed by atoms with E-state index < -0.39 is 31.7 Å². The quantitative estimate of drug-likeness (QED) is 0.780. The molecule has 0 spiro atoms. The van der Waals surface area contributed by atoms with Crippen LogP contribution in [0.1, 0.15) is 0 Å². The molecular weight excluding hydrogens is 374 g/mol. The molecule has 0 aliphatic rings. The van der Waals surface area contributed by atoms with Gasteiger partial charge >= 0.3 is 0 Å². The van der Waals surface area contributed by atoms with Crippen molar-refractivity contribution in [1.82, 2.24) is 4.72 Å². The molecule has 2 aromatic carbocycles. The Labute approximate surface area is 145 Å². The molecule has 10 heteroatoms. The molecule has 0 fully saturated rings. The highest BCUT2D eigenvalue weighted by atomic mass is 32.2. The number of sulfonamides is 2. The van der Waals surface area contributed by atoms with Crippen molar-refractivity contribution in [3.8, 4) is 0 Å². The lowest BCUT2D eigenvalue weighted by atomic mass is 10.3. The Balaban J connectivity index is 2.17. The van der Waals surface area contributed by atoms with E-state index in [4.69, 9.17) is 0 Å². The van der Waals surface area contributed by atoms with Crippen molar-refractivity contribution < 1.29 is 25.6 Å². The molecular formula is C15H16F2N2O4S2. The summed E-state index contributed by atoms with van der Waals surface area (Å²) < 4.78 is 77.8. The maximum Gasteiger partial charge on any atom is 0.240 e. The molecule has 0 amide bonds. The molecule has 1 N–H and O–H groups in total. The van der Waals surface area contributed by atoms with Crippen LogP contribution in [0.5, 0.6) is 0 Å². The first-order chi connectivity index (χ1) is 11.6. The number of hydrogen-bond acceptors (Lipinski definition) is 4. The van der Waals surface area contributed by atoms with E-state index >= 15 is 0 Å². The largest absolute Gasteiger partial charge is 0.266 e. The standard InChI is InChI=1S/C15H16F2N2O4S2/c1-24(20,21)19(15-8-7-12(16)11-14(15)17)10-9-18-25(22,23)13-5-3-2-4-6-13/h2-8,11,18H,9-10H2,1H3. The first-order valence-electron chi connectivity index (χ1n) is 7.09. The van der Waals surface area contributed by atoms with Gasteiger partial charge in [-0.3, -0.25) is 4.31 Å². The van der Waals surface area contributed by atoms with E-state index in [9.17, 15) is 25.6 Å². The second-order valence-corrected chi connectivity index (χ2v) is 8.82. The van der Waals surface area contributed by atoms with Crippen molar-refractivity contribution in [2.75, 3.05) is 23.7 Å². The highest BCUT2D eigenvalue weighted by Crippen LogP contribution is 2.22. The molecule has 0 heterocycles. The minimum Gasteiger partial charge on any atom is -0.266 e. The van der Waals surface area contributed by atoms with Crippen molar-refractivity contribution in [1.29, 1.82) is 0 Å². The van der Waals surface area contributed by atoms with Gasteiger partial charge in [0, 0.05) is 19.2 Å². The van der Waals surface area contributed by atoms with Crippen LogP contribution >= 0.6 is 0 Å². The highest BCUT2D eigenvalue weighted by molar-refractivity contribution is 7.92. The Hall–Kier alpha value is -2.04. The van der Waals surface area contributed by atoms with Gasteiger partial charge in [0.15, 0.2) is 0 Å². The Bertz CT molecular complexity index is 949. The van der Waals surface area contributed by atoms with Crippen molar-refractivity contribution in [3.63, 3.8) is 0 Å². The summed E-state index contributed by atoms with van der Waals surface area (Å²) in [5.41, 5.74) is -0.359. The second kappa shape index (κ2) is 7.46. The average molecular weight is 390 g/mol. The molecule has 0 atom stereocenters. The number of nitrogens with zero attached hydrogens (tertiary/aromatic N) is 1. The summed E-state index contributed by atoms with van der Waals surface area (Å²) in [6.45, 7) is -0.644. The predicted octanol–water partition coefficient (Wildman–Crippen LogP) is 1.71. The fourth-order valence-corrected chi connectivity index (χ4v) is 4.08. The first kappa shape index (κ1) is 19.3. The first-order valence-corrected chi connectivity index (χ1v) is 10.4. The third-order valence-corrected chi connectivity index (χ3v) is 5.90. The molecule has 0 bridgehead atoms. The van der Waals surface area contributed by atoms with Crippen LogP contribution in [0.25, 0.3) is 0 Å². The SMILES string of the molecule is CS(=O)(=O)N(CCNS(=O)(=O)c1ccccc1)c1ccc(F)cc1F. The van der Waals surface area contributed by atoms with Gasteiger partial charge in [-0.15, -0.1) is 0 Å². The molecule has 2 rings (SSSR count). The van der Waals surface area contributed by atoms with Gasteiger partial charge in [-0.25, -0.2) is 30.3 Å². The molecule has 25 heavy (non-hydrogen) atoms. The highest BCUT2D eigenvalue weighted by Gasteiger charge is 2.22. The summed E-state index contributed by atoms with van der Waals surface area (Å²) >= 11 is 0. The predicted molar refractivity (Wildman–Crippen MR) is 90.2 cm³/mol. The fourth-order valence-electron chi connectivity index (χ4n) is 2.11. The number of rotatable bonds is 7. The topological polar surface area (TPSA) is 83.6 Å². The van der Waals surface area contributed by atoms with E-state index in [-0.39, 0.29) is 23.7 Å². The minimum atomic E-state index is -3.90. The molecule has 0 aliphatic heterocycles. The minimum absolute atomic E-state index is 0.0221. The van der Waals surface area contributed by atoms with Gasteiger partial charge in [0.2, 0.25) is 20.0 Å². The second-order valence-electron chi connectivity index (χ2n) is 5.14. The smallest absolute Gasteiger partial charge is 0.240 e. The fraction of sp³-hybridized carbons (Fsp3) is 0.200. The van der Waals surface area contributed by atoms with Gasteiger partial charge in [-0.1, -0.05) is 18.2 Å². The zero-order valence-corrected chi connectivity index (χ0v) is 14.8. The van der Waals surface area contributed by atoms with Crippen LogP contribution in [0, 0.1) is 11.6 Å². The zero-order chi connectivity index (χ0) is 18.7.